The maximum Gasteiger partial charge on any atom is 0.233 e. The molecule has 1 fully saturated rings. The second kappa shape index (κ2) is 6.33. The zero-order chi connectivity index (χ0) is 12.9. The van der Waals surface area contributed by atoms with E-state index in [1.807, 2.05) is 13.8 Å². The van der Waals surface area contributed by atoms with E-state index in [1.165, 1.54) is 0 Å². The van der Waals surface area contributed by atoms with Crippen LogP contribution < -0.4 is 10.6 Å². The monoisotopic (exact) mass is 244 g/mol. The minimum atomic E-state index is -0.259. The van der Waals surface area contributed by atoms with E-state index in [9.17, 15) is 9.90 Å². The average molecular weight is 244 g/mol. The highest BCUT2D eigenvalue weighted by Crippen LogP contribution is 2.40. The first-order valence-corrected chi connectivity index (χ1v) is 6.15. The smallest absolute Gasteiger partial charge is 0.233 e. The van der Waals surface area contributed by atoms with Gasteiger partial charge in [0.25, 0.3) is 0 Å². The van der Waals surface area contributed by atoms with Crippen LogP contribution in [0.5, 0.6) is 0 Å². The molecule has 1 amide bonds. The van der Waals surface area contributed by atoms with Crippen molar-refractivity contribution < 1.29 is 14.6 Å². The highest BCUT2D eigenvalue weighted by molar-refractivity contribution is 5.78. The van der Waals surface area contributed by atoms with Crippen molar-refractivity contribution in [2.45, 2.75) is 38.8 Å². The fourth-order valence-corrected chi connectivity index (χ4v) is 1.97. The van der Waals surface area contributed by atoms with Crippen LogP contribution in [-0.2, 0) is 9.53 Å². The molecule has 0 aromatic carbocycles. The molecule has 17 heavy (non-hydrogen) atoms. The lowest BCUT2D eigenvalue weighted by atomic mass is 9.64. The first-order valence-electron chi connectivity index (χ1n) is 6.15. The molecule has 0 aromatic heterocycles. The van der Waals surface area contributed by atoms with Crippen molar-refractivity contribution in [3.63, 3.8) is 0 Å². The Morgan fingerprint density at radius 1 is 1.53 bits per heavy atom. The first-order chi connectivity index (χ1) is 7.98. The van der Waals surface area contributed by atoms with Crippen LogP contribution in [0.15, 0.2) is 0 Å². The molecule has 5 heteroatoms. The highest BCUT2D eigenvalue weighted by Gasteiger charge is 2.46. The third kappa shape index (κ3) is 3.94. The van der Waals surface area contributed by atoms with E-state index in [0.717, 1.165) is 12.8 Å². The summed E-state index contributed by atoms with van der Waals surface area (Å²) in [5.74, 6) is -0.00158. The number of ether oxygens (including phenoxy) is 1. The first kappa shape index (κ1) is 14.4. The highest BCUT2D eigenvalue weighted by atomic mass is 16.5. The summed E-state index contributed by atoms with van der Waals surface area (Å²) in [5, 5.41) is 15.6. The van der Waals surface area contributed by atoms with E-state index in [-0.39, 0.29) is 23.5 Å². The lowest BCUT2D eigenvalue weighted by molar-refractivity contribution is -0.122. The normalized spacial score (nSPS) is 26.4. The fourth-order valence-electron chi connectivity index (χ4n) is 1.97. The molecule has 1 saturated carbocycles. The van der Waals surface area contributed by atoms with Crippen molar-refractivity contribution in [2.24, 2.45) is 5.41 Å². The Labute approximate surface area is 103 Å². The van der Waals surface area contributed by atoms with E-state index < -0.39 is 0 Å². The SMILES string of the molecule is COCCCNC(=O)CNC1CC(O)C1(C)C. The maximum absolute atomic E-state index is 11.5. The number of amides is 1. The van der Waals surface area contributed by atoms with E-state index in [1.54, 1.807) is 7.11 Å². The van der Waals surface area contributed by atoms with E-state index in [2.05, 4.69) is 10.6 Å². The number of methoxy groups -OCH3 is 1. The van der Waals surface area contributed by atoms with Crippen LogP contribution >= 0.6 is 0 Å². The van der Waals surface area contributed by atoms with Crippen LogP contribution in [0.1, 0.15) is 26.7 Å². The Morgan fingerprint density at radius 3 is 2.76 bits per heavy atom. The lowest BCUT2D eigenvalue weighted by Crippen LogP contribution is -2.61. The van der Waals surface area contributed by atoms with Gasteiger partial charge in [0, 0.05) is 31.7 Å². The summed E-state index contributed by atoms with van der Waals surface area (Å²) >= 11 is 0. The van der Waals surface area contributed by atoms with Gasteiger partial charge >= 0.3 is 0 Å². The third-order valence-electron chi connectivity index (χ3n) is 3.57. The van der Waals surface area contributed by atoms with Gasteiger partial charge in [0.1, 0.15) is 0 Å². The van der Waals surface area contributed by atoms with Crippen molar-refractivity contribution in [3.05, 3.63) is 0 Å². The number of carbonyl (C=O) groups excluding carboxylic acids is 1. The molecule has 0 bridgehead atoms. The van der Waals surface area contributed by atoms with Crippen molar-refractivity contribution in [1.82, 2.24) is 10.6 Å². The zero-order valence-electron chi connectivity index (χ0n) is 11.0. The molecule has 1 rings (SSSR count). The molecule has 3 N–H and O–H groups in total. The number of hydrogen-bond acceptors (Lipinski definition) is 4. The topological polar surface area (TPSA) is 70.6 Å². The second-order valence-corrected chi connectivity index (χ2v) is 5.20. The van der Waals surface area contributed by atoms with Gasteiger partial charge in [-0.25, -0.2) is 0 Å². The van der Waals surface area contributed by atoms with Crippen LogP contribution in [0.3, 0.4) is 0 Å². The summed E-state index contributed by atoms with van der Waals surface area (Å²) in [7, 11) is 1.65. The van der Waals surface area contributed by atoms with Crippen LogP contribution in [0.4, 0.5) is 0 Å². The summed E-state index contributed by atoms with van der Waals surface area (Å²) in [4.78, 5) is 11.5. The van der Waals surface area contributed by atoms with Crippen LogP contribution in [0, 0.1) is 5.41 Å². The molecular formula is C12H24N2O3. The molecule has 0 saturated heterocycles. The van der Waals surface area contributed by atoms with Gasteiger partial charge in [-0.2, -0.15) is 0 Å². The fraction of sp³-hybridized carbons (Fsp3) is 0.917. The molecule has 0 radical (unpaired) electrons. The van der Waals surface area contributed by atoms with Crippen LogP contribution in [0.25, 0.3) is 0 Å². The molecule has 0 spiro atoms. The zero-order valence-corrected chi connectivity index (χ0v) is 11.0. The van der Waals surface area contributed by atoms with Crippen LogP contribution in [-0.4, -0.2) is 50.0 Å². The van der Waals surface area contributed by atoms with Gasteiger partial charge in [0.2, 0.25) is 5.91 Å². The van der Waals surface area contributed by atoms with Gasteiger partial charge in [-0.05, 0) is 12.8 Å². The minimum absolute atomic E-state index is 0.00158. The van der Waals surface area contributed by atoms with Gasteiger partial charge in [-0.3, -0.25) is 4.79 Å². The number of aliphatic hydroxyl groups excluding tert-OH is 1. The molecule has 0 aromatic rings. The van der Waals surface area contributed by atoms with E-state index in [4.69, 9.17) is 4.74 Å². The Bertz CT molecular complexity index is 256. The van der Waals surface area contributed by atoms with Gasteiger partial charge < -0.3 is 20.5 Å². The van der Waals surface area contributed by atoms with Gasteiger partial charge in [-0.15, -0.1) is 0 Å². The molecule has 5 nitrogen and oxygen atoms in total. The summed E-state index contributed by atoms with van der Waals surface area (Å²) in [6.45, 7) is 5.64. The van der Waals surface area contributed by atoms with Crippen molar-refractivity contribution in [1.29, 1.82) is 0 Å². The summed E-state index contributed by atoms with van der Waals surface area (Å²) in [6.07, 6.45) is 1.30. The standard InChI is InChI=1S/C12H24N2O3/c1-12(2)9(7-10(12)15)14-8-11(16)13-5-4-6-17-3/h9-10,14-15H,4-8H2,1-3H3,(H,13,16). The Kier molecular flexibility index (Phi) is 5.36. The lowest BCUT2D eigenvalue weighted by Gasteiger charge is -2.49. The van der Waals surface area contributed by atoms with Gasteiger partial charge in [0.05, 0.1) is 12.6 Å². The molecule has 100 valence electrons. The molecule has 2 atom stereocenters. The van der Waals surface area contributed by atoms with E-state index >= 15 is 0 Å². The predicted molar refractivity (Wildman–Crippen MR) is 65.7 cm³/mol. The van der Waals surface area contributed by atoms with Crippen LogP contribution in [0.2, 0.25) is 0 Å². The van der Waals surface area contributed by atoms with Gasteiger partial charge in [-0.1, -0.05) is 13.8 Å². The summed E-state index contributed by atoms with van der Waals surface area (Å²) < 4.78 is 4.89. The Morgan fingerprint density at radius 2 is 2.24 bits per heavy atom. The van der Waals surface area contributed by atoms with E-state index in [0.29, 0.717) is 19.7 Å². The Hall–Kier alpha value is -0.650. The maximum atomic E-state index is 11.5. The number of aliphatic hydroxyl groups is 1. The minimum Gasteiger partial charge on any atom is -0.392 e. The van der Waals surface area contributed by atoms with Crippen molar-refractivity contribution in [2.75, 3.05) is 26.8 Å². The molecule has 1 aliphatic rings. The summed E-state index contributed by atoms with van der Waals surface area (Å²) in [6, 6.07) is 0.224. The number of nitrogens with one attached hydrogen (secondary N) is 2. The molecule has 0 aliphatic heterocycles. The van der Waals surface area contributed by atoms with Crippen molar-refractivity contribution in [3.8, 4) is 0 Å². The van der Waals surface area contributed by atoms with Gasteiger partial charge in [0.15, 0.2) is 0 Å². The number of hydrogen-bond donors (Lipinski definition) is 3. The quantitative estimate of drug-likeness (QED) is 0.546. The average Bonchev–Trinajstić information content (AvgIpc) is 2.30. The predicted octanol–water partition coefficient (Wildman–Crippen LogP) is -0.112. The molecule has 0 heterocycles. The molecule has 1 aliphatic carbocycles. The Balaban J connectivity index is 2.08. The molecule has 2 unspecified atom stereocenters. The second-order valence-electron chi connectivity index (χ2n) is 5.20. The molecular weight excluding hydrogens is 220 g/mol. The third-order valence-corrected chi connectivity index (χ3v) is 3.57. The summed E-state index contributed by atoms with van der Waals surface area (Å²) in [5.41, 5.74) is -0.129. The van der Waals surface area contributed by atoms with Crippen molar-refractivity contribution >= 4 is 5.91 Å². The number of rotatable bonds is 7. The largest absolute Gasteiger partial charge is 0.392 e. The number of carbonyl (C=O) groups is 1.